The predicted octanol–water partition coefficient (Wildman–Crippen LogP) is 4.15. The minimum absolute atomic E-state index is 0.0441. The topological polar surface area (TPSA) is 55.3 Å². The molecule has 0 atom stereocenters. The lowest BCUT2D eigenvalue weighted by molar-refractivity contribution is 0.0684. The molecular weight excluding hydrogens is 362 g/mol. The highest BCUT2D eigenvalue weighted by Crippen LogP contribution is 2.23. The summed E-state index contributed by atoms with van der Waals surface area (Å²) in [6.07, 6.45) is 8.25. The number of piperidine rings is 1. The van der Waals surface area contributed by atoms with Crippen LogP contribution in [0.3, 0.4) is 0 Å². The number of nitrogens with zero attached hydrogens (tertiary/aromatic N) is 3. The Morgan fingerprint density at radius 1 is 0.931 bits per heavy atom. The van der Waals surface area contributed by atoms with Gasteiger partial charge in [0.15, 0.2) is 0 Å². The van der Waals surface area contributed by atoms with E-state index in [2.05, 4.69) is 34.2 Å². The highest BCUT2D eigenvalue weighted by Gasteiger charge is 2.24. The molecule has 1 amide bonds. The third-order valence-corrected chi connectivity index (χ3v) is 5.39. The molecule has 3 aromatic rings. The summed E-state index contributed by atoms with van der Waals surface area (Å²) in [5.41, 5.74) is 3.03. The Kier molecular flexibility index (Phi) is 6.15. The first-order valence-electron chi connectivity index (χ1n) is 10.1. The van der Waals surface area contributed by atoms with Crippen molar-refractivity contribution in [1.82, 2.24) is 14.9 Å². The van der Waals surface area contributed by atoms with Gasteiger partial charge in [0.2, 0.25) is 0 Å². The van der Waals surface area contributed by atoms with Gasteiger partial charge in [-0.3, -0.25) is 14.8 Å². The number of rotatable bonds is 6. The van der Waals surface area contributed by atoms with E-state index in [0.29, 0.717) is 18.2 Å². The second-order valence-electron chi connectivity index (χ2n) is 7.44. The second-order valence-corrected chi connectivity index (χ2v) is 7.44. The van der Waals surface area contributed by atoms with Crippen LogP contribution in [0.5, 0.6) is 5.75 Å². The predicted molar refractivity (Wildman–Crippen MR) is 112 cm³/mol. The largest absolute Gasteiger partial charge is 0.489 e. The van der Waals surface area contributed by atoms with Gasteiger partial charge in [0.25, 0.3) is 5.91 Å². The van der Waals surface area contributed by atoms with Crippen molar-refractivity contribution in [3.63, 3.8) is 0 Å². The van der Waals surface area contributed by atoms with Crippen LogP contribution in [0.1, 0.15) is 34.5 Å². The number of carbonyl (C=O) groups is 1. The summed E-state index contributed by atoms with van der Waals surface area (Å²) in [7, 11) is 0. The number of likely N-dealkylation sites (tertiary alicyclic amines) is 1. The lowest BCUT2D eigenvalue weighted by Crippen LogP contribution is -2.39. The van der Waals surface area contributed by atoms with E-state index >= 15 is 0 Å². The first-order valence-corrected chi connectivity index (χ1v) is 10.1. The zero-order valence-electron chi connectivity index (χ0n) is 16.4. The van der Waals surface area contributed by atoms with Crippen molar-refractivity contribution in [2.24, 2.45) is 5.92 Å². The number of hydrogen-bond acceptors (Lipinski definition) is 4. The first-order chi connectivity index (χ1) is 14.3. The number of amides is 1. The molecule has 0 aliphatic carbocycles. The molecule has 0 bridgehead atoms. The molecule has 0 N–H and O–H groups in total. The van der Waals surface area contributed by atoms with E-state index in [9.17, 15) is 4.79 Å². The van der Waals surface area contributed by atoms with E-state index in [0.717, 1.165) is 43.7 Å². The summed E-state index contributed by atoms with van der Waals surface area (Å²) < 4.78 is 5.77. The average molecular weight is 387 g/mol. The van der Waals surface area contributed by atoms with Crippen LogP contribution in [-0.4, -0.2) is 33.9 Å². The second kappa shape index (κ2) is 9.32. The van der Waals surface area contributed by atoms with Crippen LogP contribution in [0.25, 0.3) is 0 Å². The third-order valence-electron chi connectivity index (χ3n) is 5.39. The van der Waals surface area contributed by atoms with Crippen LogP contribution in [0, 0.1) is 5.92 Å². The van der Waals surface area contributed by atoms with Gasteiger partial charge >= 0.3 is 0 Å². The van der Waals surface area contributed by atoms with E-state index in [-0.39, 0.29) is 5.91 Å². The van der Waals surface area contributed by atoms with Crippen LogP contribution in [0.2, 0.25) is 0 Å². The fourth-order valence-corrected chi connectivity index (χ4v) is 3.70. The Morgan fingerprint density at radius 3 is 2.34 bits per heavy atom. The monoisotopic (exact) mass is 387 g/mol. The van der Waals surface area contributed by atoms with Crippen molar-refractivity contribution in [2.45, 2.75) is 25.9 Å². The van der Waals surface area contributed by atoms with E-state index < -0.39 is 0 Å². The molecule has 3 heterocycles. The summed E-state index contributed by atoms with van der Waals surface area (Å²) in [6.45, 7) is 2.16. The highest BCUT2D eigenvalue weighted by molar-refractivity contribution is 5.92. The fourth-order valence-electron chi connectivity index (χ4n) is 3.70. The quantitative estimate of drug-likeness (QED) is 0.638. The summed E-state index contributed by atoms with van der Waals surface area (Å²) in [4.78, 5) is 22.6. The summed E-state index contributed by atoms with van der Waals surface area (Å²) >= 11 is 0. The molecule has 0 saturated carbocycles. The highest BCUT2D eigenvalue weighted by atomic mass is 16.5. The van der Waals surface area contributed by atoms with Gasteiger partial charge in [0.05, 0.1) is 0 Å². The Bertz CT molecular complexity index is 906. The molecule has 5 nitrogen and oxygen atoms in total. The van der Waals surface area contributed by atoms with Crippen LogP contribution in [-0.2, 0) is 13.0 Å². The normalized spacial score (nSPS) is 14.6. The molecule has 1 aromatic carbocycles. The molecule has 148 valence electrons. The van der Waals surface area contributed by atoms with Crippen molar-refractivity contribution < 1.29 is 9.53 Å². The van der Waals surface area contributed by atoms with Crippen molar-refractivity contribution >= 4 is 5.91 Å². The van der Waals surface area contributed by atoms with Crippen molar-refractivity contribution in [3.05, 3.63) is 90.0 Å². The lowest BCUT2D eigenvalue weighted by Gasteiger charge is -2.32. The van der Waals surface area contributed by atoms with Gasteiger partial charge < -0.3 is 9.64 Å². The van der Waals surface area contributed by atoms with Gasteiger partial charge in [-0.2, -0.15) is 0 Å². The van der Waals surface area contributed by atoms with Crippen LogP contribution >= 0.6 is 0 Å². The molecule has 1 saturated heterocycles. The van der Waals surface area contributed by atoms with E-state index in [1.807, 2.05) is 29.2 Å². The molecule has 0 spiro atoms. The van der Waals surface area contributed by atoms with Gasteiger partial charge in [-0.05, 0) is 60.6 Å². The number of carbonyl (C=O) groups excluding carboxylic acids is 1. The number of benzene rings is 1. The molecule has 0 unspecified atom stereocenters. The first kappa shape index (κ1) is 19.1. The molecule has 1 fully saturated rings. The Labute approximate surface area is 171 Å². The van der Waals surface area contributed by atoms with E-state index in [1.54, 1.807) is 24.7 Å². The number of aromatic nitrogens is 2. The Hall–Kier alpha value is -3.21. The third kappa shape index (κ3) is 5.19. The van der Waals surface area contributed by atoms with Crippen molar-refractivity contribution in [1.29, 1.82) is 0 Å². The molecule has 4 rings (SSSR count). The zero-order chi connectivity index (χ0) is 19.9. The zero-order valence-corrected chi connectivity index (χ0v) is 16.4. The van der Waals surface area contributed by atoms with Gasteiger partial charge in [-0.25, -0.2) is 0 Å². The minimum Gasteiger partial charge on any atom is -0.489 e. The SMILES string of the molecule is O=C(c1ccccn1)N1CCC(Cc2ccc(COc3ccncc3)cc2)CC1. The average Bonchev–Trinajstić information content (AvgIpc) is 2.80. The van der Waals surface area contributed by atoms with Crippen LogP contribution in [0.15, 0.2) is 73.2 Å². The molecule has 2 aromatic heterocycles. The standard InChI is InChI=1S/C24H25N3O2/c28-24(23-3-1-2-12-26-23)27-15-10-20(11-16-27)17-19-4-6-21(7-5-19)18-29-22-8-13-25-14-9-22/h1-9,12-14,20H,10-11,15-18H2. The molecule has 1 aliphatic heterocycles. The van der Waals surface area contributed by atoms with E-state index in [4.69, 9.17) is 4.74 Å². The lowest BCUT2D eigenvalue weighted by atomic mass is 9.90. The van der Waals surface area contributed by atoms with Crippen LogP contribution < -0.4 is 4.74 Å². The smallest absolute Gasteiger partial charge is 0.272 e. The molecule has 29 heavy (non-hydrogen) atoms. The molecule has 1 aliphatic rings. The van der Waals surface area contributed by atoms with Crippen molar-refractivity contribution in [3.8, 4) is 5.75 Å². The Balaban J connectivity index is 1.24. The maximum atomic E-state index is 12.5. The molecule has 5 heteroatoms. The summed E-state index contributed by atoms with van der Waals surface area (Å²) in [5.74, 6) is 1.49. The Morgan fingerprint density at radius 2 is 1.66 bits per heavy atom. The summed E-state index contributed by atoms with van der Waals surface area (Å²) in [5, 5.41) is 0. The van der Waals surface area contributed by atoms with E-state index in [1.165, 1.54) is 5.56 Å². The van der Waals surface area contributed by atoms with Gasteiger partial charge in [0, 0.05) is 31.7 Å². The van der Waals surface area contributed by atoms with Gasteiger partial charge in [-0.1, -0.05) is 30.3 Å². The maximum Gasteiger partial charge on any atom is 0.272 e. The van der Waals surface area contributed by atoms with Crippen LogP contribution in [0.4, 0.5) is 0 Å². The summed E-state index contributed by atoms with van der Waals surface area (Å²) in [6, 6.07) is 17.9. The molecular formula is C24H25N3O2. The number of hydrogen-bond donors (Lipinski definition) is 0. The maximum absolute atomic E-state index is 12.5. The minimum atomic E-state index is 0.0441. The number of ether oxygens (including phenoxy) is 1. The molecule has 0 radical (unpaired) electrons. The fraction of sp³-hybridized carbons (Fsp3) is 0.292. The van der Waals surface area contributed by atoms with Gasteiger partial charge in [-0.15, -0.1) is 0 Å². The number of pyridine rings is 2. The van der Waals surface area contributed by atoms with Gasteiger partial charge in [0.1, 0.15) is 18.1 Å². The van der Waals surface area contributed by atoms with Crippen molar-refractivity contribution in [2.75, 3.05) is 13.1 Å².